The Bertz CT molecular complexity index is 1080. The van der Waals surface area contributed by atoms with Gasteiger partial charge >= 0.3 is 5.97 Å². The van der Waals surface area contributed by atoms with Gasteiger partial charge in [-0.25, -0.2) is 18.3 Å². The van der Waals surface area contributed by atoms with Gasteiger partial charge in [-0.2, -0.15) is 5.10 Å². The third-order valence-corrected chi connectivity index (χ3v) is 4.78. The van der Waals surface area contributed by atoms with Crippen LogP contribution in [0.3, 0.4) is 0 Å². The number of carbonyl (C=O) groups is 1. The highest BCUT2D eigenvalue weighted by atomic mass is 79.9. The molecule has 27 heavy (non-hydrogen) atoms. The summed E-state index contributed by atoms with van der Waals surface area (Å²) in [7, 11) is 1.50. The molecule has 0 atom stereocenters. The van der Waals surface area contributed by atoms with Crippen LogP contribution in [-0.4, -0.2) is 28.0 Å². The summed E-state index contributed by atoms with van der Waals surface area (Å²) in [4.78, 5) is 11.6. The predicted octanol–water partition coefficient (Wildman–Crippen LogP) is 4.18. The van der Waals surface area contributed by atoms with E-state index in [2.05, 4.69) is 21.0 Å². The fourth-order valence-electron chi connectivity index (χ4n) is 3.03. The van der Waals surface area contributed by atoms with Gasteiger partial charge in [-0.15, -0.1) is 0 Å². The predicted molar refractivity (Wildman–Crippen MR) is 94.5 cm³/mol. The molecule has 138 valence electrons. The maximum absolute atomic E-state index is 13.7. The zero-order chi connectivity index (χ0) is 19.3. The second-order valence-electron chi connectivity index (χ2n) is 5.79. The van der Waals surface area contributed by atoms with E-state index in [1.54, 1.807) is 12.1 Å². The molecule has 0 radical (unpaired) electrons. The molecule has 0 amide bonds. The molecule has 9 heteroatoms. The van der Waals surface area contributed by atoms with E-state index in [1.165, 1.54) is 11.8 Å². The van der Waals surface area contributed by atoms with Gasteiger partial charge in [0.15, 0.2) is 5.69 Å². The lowest BCUT2D eigenvalue weighted by Crippen LogP contribution is -2.10. The number of hydrogen-bond donors (Lipinski definition) is 1. The Labute approximate surface area is 160 Å². The lowest BCUT2D eigenvalue weighted by molar-refractivity contribution is 0.0687. The van der Waals surface area contributed by atoms with Crippen molar-refractivity contribution < 1.29 is 28.2 Å². The first-order valence-electron chi connectivity index (χ1n) is 7.71. The van der Waals surface area contributed by atoms with E-state index in [-0.39, 0.29) is 18.0 Å². The number of carboxylic acids is 1. The Kier molecular flexibility index (Phi) is 4.11. The molecule has 4 rings (SSSR count). The smallest absolute Gasteiger partial charge is 0.356 e. The lowest BCUT2D eigenvalue weighted by Gasteiger charge is -2.21. The number of rotatable bonds is 3. The van der Waals surface area contributed by atoms with Gasteiger partial charge in [-0.05, 0) is 34.1 Å². The van der Waals surface area contributed by atoms with Crippen LogP contribution in [0.25, 0.3) is 16.9 Å². The van der Waals surface area contributed by atoms with Crippen LogP contribution in [0.5, 0.6) is 11.5 Å². The number of nitrogens with zero attached hydrogens (tertiary/aromatic N) is 2. The Morgan fingerprint density at radius 3 is 2.59 bits per heavy atom. The summed E-state index contributed by atoms with van der Waals surface area (Å²) >= 11 is 3.38. The van der Waals surface area contributed by atoms with Crippen LogP contribution in [0.1, 0.15) is 16.1 Å². The van der Waals surface area contributed by atoms with Crippen molar-refractivity contribution in [3.8, 4) is 28.4 Å². The van der Waals surface area contributed by atoms with Gasteiger partial charge in [-0.1, -0.05) is 0 Å². The normalized spacial score (nSPS) is 12.1. The Hall–Kier alpha value is -2.94. The highest BCUT2D eigenvalue weighted by molar-refractivity contribution is 9.10. The highest BCUT2D eigenvalue weighted by Gasteiger charge is 2.31. The average molecular weight is 437 g/mol. The van der Waals surface area contributed by atoms with Crippen molar-refractivity contribution in [2.75, 3.05) is 7.11 Å². The van der Waals surface area contributed by atoms with Gasteiger partial charge in [0, 0.05) is 17.7 Å². The van der Waals surface area contributed by atoms with E-state index < -0.39 is 17.6 Å². The van der Waals surface area contributed by atoms with E-state index in [9.17, 15) is 18.7 Å². The maximum Gasteiger partial charge on any atom is 0.356 e. The van der Waals surface area contributed by atoms with Gasteiger partial charge in [0.25, 0.3) is 0 Å². The number of fused-ring (bicyclic) bond motifs is 3. The molecule has 1 aromatic heterocycles. The molecule has 6 nitrogen and oxygen atoms in total. The third kappa shape index (κ3) is 2.84. The summed E-state index contributed by atoms with van der Waals surface area (Å²) in [6.07, 6.45) is 0. The second-order valence-corrected chi connectivity index (χ2v) is 6.65. The number of hydrogen-bond acceptors (Lipinski definition) is 4. The first-order chi connectivity index (χ1) is 12.9. The van der Waals surface area contributed by atoms with Crippen LogP contribution in [0.15, 0.2) is 34.8 Å². The van der Waals surface area contributed by atoms with Crippen LogP contribution >= 0.6 is 15.9 Å². The maximum atomic E-state index is 13.7. The fourth-order valence-corrected chi connectivity index (χ4v) is 3.53. The molecule has 0 saturated carbocycles. The zero-order valence-corrected chi connectivity index (χ0v) is 15.4. The molecule has 1 aliphatic heterocycles. The van der Waals surface area contributed by atoms with Gasteiger partial charge < -0.3 is 14.6 Å². The van der Waals surface area contributed by atoms with Crippen LogP contribution in [-0.2, 0) is 6.61 Å². The van der Waals surface area contributed by atoms with Crippen molar-refractivity contribution in [2.45, 2.75) is 6.61 Å². The molecule has 1 aliphatic rings. The number of aromatic nitrogens is 2. The monoisotopic (exact) mass is 436 g/mol. The number of ether oxygens (including phenoxy) is 2. The van der Waals surface area contributed by atoms with E-state index in [0.717, 1.165) is 18.2 Å². The minimum absolute atomic E-state index is 0.0491. The Morgan fingerprint density at radius 1 is 1.26 bits per heavy atom. The van der Waals surface area contributed by atoms with Gasteiger partial charge in [0.1, 0.15) is 29.7 Å². The first kappa shape index (κ1) is 17.5. The average Bonchev–Trinajstić information content (AvgIpc) is 3.00. The number of aromatic carboxylic acids is 1. The number of benzene rings is 2. The molecule has 2 heterocycles. The topological polar surface area (TPSA) is 73.6 Å². The van der Waals surface area contributed by atoms with Gasteiger partial charge in [-0.3, -0.25) is 0 Å². The van der Waals surface area contributed by atoms with Crippen molar-refractivity contribution >= 4 is 21.9 Å². The number of methoxy groups -OCH3 is 1. The van der Waals surface area contributed by atoms with Crippen molar-refractivity contribution in [1.29, 1.82) is 0 Å². The number of carboxylic acid groups (broad SMARTS) is 1. The lowest BCUT2D eigenvalue weighted by atomic mass is 10.0. The van der Waals surface area contributed by atoms with E-state index in [0.29, 0.717) is 32.8 Å². The standard InChI is InChI=1S/C18H11BrF2N2O4/c1-26-15-6-14-11(5-13(15)19)17-12(7-27-14)16(18(24)25)22-23(17)10-3-8(20)2-9(21)4-10/h2-6H,7H2,1H3,(H,24,25). The Balaban J connectivity index is 2.03. The molecule has 0 unspecified atom stereocenters. The van der Waals surface area contributed by atoms with E-state index in [4.69, 9.17) is 9.47 Å². The summed E-state index contributed by atoms with van der Waals surface area (Å²) in [5, 5.41) is 13.6. The molecule has 0 aliphatic carbocycles. The molecule has 3 aromatic rings. The largest absolute Gasteiger partial charge is 0.495 e. The van der Waals surface area contributed by atoms with Crippen LogP contribution in [0.2, 0.25) is 0 Å². The molecule has 1 N–H and O–H groups in total. The molecule has 2 aromatic carbocycles. The molecular weight excluding hydrogens is 426 g/mol. The fraction of sp³-hybridized carbons (Fsp3) is 0.111. The van der Waals surface area contributed by atoms with Gasteiger partial charge in [0.2, 0.25) is 0 Å². The summed E-state index contributed by atoms with van der Waals surface area (Å²) in [5.41, 5.74) is 1.05. The Morgan fingerprint density at radius 2 is 1.96 bits per heavy atom. The van der Waals surface area contributed by atoms with Crippen LogP contribution < -0.4 is 9.47 Å². The third-order valence-electron chi connectivity index (χ3n) is 4.16. The van der Waals surface area contributed by atoms with Gasteiger partial charge in [0.05, 0.1) is 28.5 Å². The first-order valence-corrected chi connectivity index (χ1v) is 8.50. The van der Waals surface area contributed by atoms with Crippen molar-refractivity contribution in [3.63, 3.8) is 0 Å². The van der Waals surface area contributed by atoms with Crippen molar-refractivity contribution in [2.24, 2.45) is 0 Å². The van der Waals surface area contributed by atoms with Crippen molar-refractivity contribution in [3.05, 3.63) is 57.7 Å². The van der Waals surface area contributed by atoms with Crippen LogP contribution in [0, 0.1) is 11.6 Å². The highest BCUT2D eigenvalue weighted by Crippen LogP contribution is 2.44. The molecular formula is C18H11BrF2N2O4. The minimum atomic E-state index is -1.26. The molecule has 0 bridgehead atoms. The van der Waals surface area contributed by atoms with Crippen LogP contribution in [0.4, 0.5) is 8.78 Å². The second kappa shape index (κ2) is 6.34. The number of halogens is 3. The summed E-state index contributed by atoms with van der Waals surface area (Å²) in [5.74, 6) is -1.89. The minimum Gasteiger partial charge on any atom is -0.495 e. The van der Waals surface area contributed by atoms with E-state index >= 15 is 0 Å². The summed E-state index contributed by atoms with van der Waals surface area (Å²) < 4.78 is 40.2. The molecule has 0 fully saturated rings. The quantitative estimate of drug-likeness (QED) is 0.666. The zero-order valence-electron chi connectivity index (χ0n) is 13.8. The molecule has 0 spiro atoms. The summed E-state index contributed by atoms with van der Waals surface area (Å²) in [6.45, 7) is -0.0491. The molecule has 0 saturated heterocycles. The SMILES string of the molecule is COc1cc2c(cc1Br)-c1c(c(C(=O)O)nn1-c1cc(F)cc(F)c1)CO2. The summed E-state index contributed by atoms with van der Waals surface area (Å²) in [6, 6.07) is 6.22. The van der Waals surface area contributed by atoms with Crippen molar-refractivity contribution in [1.82, 2.24) is 9.78 Å². The van der Waals surface area contributed by atoms with E-state index in [1.807, 2.05) is 0 Å².